The summed E-state index contributed by atoms with van der Waals surface area (Å²) in [5.41, 5.74) is 10.0. The van der Waals surface area contributed by atoms with Crippen molar-refractivity contribution in [2.75, 3.05) is 18.1 Å². The third kappa shape index (κ3) is 1.97. The van der Waals surface area contributed by atoms with E-state index in [0.717, 1.165) is 28.0 Å². The lowest BCUT2D eigenvalue weighted by molar-refractivity contribution is 0.628. The van der Waals surface area contributed by atoms with Gasteiger partial charge in [0.2, 0.25) is 0 Å². The second-order valence-electron chi connectivity index (χ2n) is 4.72. The summed E-state index contributed by atoms with van der Waals surface area (Å²) < 4.78 is 15.6. The smallest absolute Gasteiger partial charge is 0.142 e. The van der Waals surface area contributed by atoms with Crippen LogP contribution in [0.15, 0.2) is 36.7 Å². The fourth-order valence-corrected chi connectivity index (χ4v) is 2.41. The van der Waals surface area contributed by atoms with Gasteiger partial charge in [-0.15, -0.1) is 0 Å². The highest BCUT2D eigenvalue weighted by Gasteiger charge is 2.10. The molecule has 3 N–H and O–H groups in total. The molecule has 0 unspecified atom stereocenters. The van der Waals surface area contributed by atoms with E-state index in [1.807, 2.05) is 29.7 Å². The first kappa shape index (κ1) is 12.5. The van der Waals surface area contributed by atoms with Crippen molar-refractivity contribution in [2.24, 2.45) is 0 Å². The van der Waals surface area contributed by atoms with Gasteiger partial charge >= 0.3 is 0 Å². The maximum Gasteiger partial charge on any atom is 0.142 e. The number of halogens is 1. The summed E-state index contributed by atoms with van der Waals surface area (Å²) in [4.78, 5) is 4.18. The van der Waals surface area contributed by atoms with Crippen LogP contribution in [0, 0.1) is 12.7 Å². The molecule has 20 heavy (non-hydrogen) atoms. The number of pyridine rings is 1. The molecule has 0 aliphatic heterocycles. The first-order chi connectivity index (χ1) is 9.58. The minimum Gasteiger partial charge on any atom is -0.388 e. The van der Waals surface area contributed by atoms with Crippen LogP contribution in [0.5, 0.6) is 0 Å². The van der Waals surface area contributed by atoms with Crippen LogP contribution in [-0.4, -0.2) is 16.4 Å². The van der Waals surface area contributed by atoms with E-state index in [0.29, 0.717) is 5.82 Å². The van der Waals surface area contributed by atoms with Crippen molar-refractivity contribution in [1.82, 2.24) is 9.38 Å². The number of hydrogen-bond donors (Lipinski definition) is 2. The summed E-state index contributed by atoms with van der Waals surface area (Å²) >= 11 is 0. The zero-order valence-corrected chi connectivity index (χ0v) is 11.3. The van der Waals surface area contributed by atoms with E-state index in [1.165, 1.54) is 12.1 Å². The summed E-state index contributed by atoms with van der Waals surface area (Å²) in [5, 5.41) is 3.01. The number of fused-ring (bicyclic) bond motifs is 1. The van der Waals surface area contributed by atoms with Gasteiger partial charge in [0.05, 0.1) is 6.20 Å². The summed E-state index contributed by atoms with van der Waals surface area (Å²) in [7, 11) is 1.78. The summed E-state index contributed by atoms with van der Waals surface area (Å²) in [6.07, 6.45) is 3.65. The Kier molecular flexibility index (Phi) is 2.82. The zero-order valence-electron chi connectivity index (χ0n) is 11.3. The lowest BCUT2D eigenvalue weighted by Gasteiger charge is -2.12. The quantitative estimate of drug-likeness (QED) is 0.752. The molecular weight excluding hydrogens is 255 g/mol. The van der Waals surface area contributed by atoms with Crippen LogP contribution in [0.3, 0.4) is 0 Å². The summed E-state index contributed by atoms with van der Waals surface area (Å²) in [5.74, 6) is 0.203. The highest BCUT2D eigenvalue weighted by molar-refractivity contribution is 5.74. The van der Waals surface area contributed by atoms with Crippen LogP contribution in [-0.2, 0) is 0 Å². The molecule has 0 saturated carbocycles. The normalized spacial score (nSPS) is 10.9. The highest BCUT2D eigenvalue weighted by Crippen LogP contribution is 2.30. The third-order valence-electron chi connectivity index (χ3n) is 3.42. The van der Waals surface area contributed by atoms with Crippen LogP contribution < -0.4 is 11.1 Å². The first-order valence-corrected chi connectivity index (χ1v) is 6.31. The number of aromatic nitrogens is 2. The third-order valence-corrected chi connectivity index (χ3v) is 3.42. The van der Waals surface area contributed by atoms with Crippen molar-refractivity contribution in [2.45, 2.75) is 6.92 Å². The van der Waals surface area contributed by atoms with E-state index < -0.39 is 0 Å². The predicted molar refractivity (Wildman–Crippen MR) is 79.3 cm³/mol. The number of anilines is 2. The molecule has 0 saturated heterocycles. The lowest BCUT2D eigenvalue weighted by Crippen LogP contribution is -1.96. The van der Waals surface area contributed by atoms with Crippen LogP contribution >= 0.6 is 0 Å². The van der Waals surface area contributed by atoms with Crippen LogP contribution in [0.1, 0.15) is 5.56 Å². The van der Waals surface area contributed by atoms with Gasteiger partial charge in [0.25, 0.3) is 0 Å². The number of imidazole rings is 1. The van der Waals surface area contributed by atoms with E-state index in [1.54, 1.807) is 13.2 Å². The highest BCUT2D eigenvalue weighted by atomic mass is 19.1. The number of benzene rings is 1. The average Bonchev–Trinajstić information content (AvgIpc) is 2.80. The summed E-state index contributed by atoms with van der Waals surface area (Å²) in [6, 6.07) is 6.82. The average molecular weight is 270 g/mol. The first-order valence-electron chi connectivity index (χ1n) is 6.31. The maximum atomic E-state index is 13.7. The van der Waals surface area contributed by atoms with Gasteiger partial charge in [0.1, 0.15) is 17.3 Å². The summed E-state index contributed by atoms with van der Waals surface area (Å²) in [6.45, 7) is 1.97. The number of nitrogens with zero attached hydrogens (tertiary/aromatic N) is 2. The van der Waals surface area contributed by atoms with Crippen LogP contribution in [0.2, 0.25) is 0 Å². The monoisotopic (exact) mass is 270 g/mol. The fraction of sp³-hybridized carbons (Fsp3) is 0.133. The Labute approximate surface area is 116 Å². The second kappa shape index (κ2) is 4.52. The molecule has 102 valence electrons. The van der Waals surface area contributed by atoms with E-state index in [-0.39, 0.29) is 5.82 Å². The molecule has 0 amide bonds. The molecule has 0 spiro atoms. The van der Waals surface area contributed by atoms with Gasteiger partial charge in [-0.05, 0) is 47.9 Å². The number of nitrogens with two attached hydrogens (primary N) is 1. The van der Waals surface area contributed by atoms with Crippen molar-refractivity contribution in [3.05, 3.63) is 48.0 Å². The lowest BCUT2D eigenvalue weighted by atomic mass is 10.0. The molecule has 2 aromatic heterocycles. The predicted octanol–water partition coefficient (Wildman–Crippen LogP) is 3.07. The van der Waals surface area contributed by atoms with Crippen molar-refractivity contribution in [1.29, 1.82) is 0 Å². The van der Waals surface area contributed by atoms with Crippen molar-refractivity contribution < 1.29 is 4.39 Å². The number of rotatable bonds is 2. The molecule has 5 heteroatoms. The molecule has 4 nitrogen and oxygen atoms in total. The molecule has 1 aromatic carbocycles. The van der Waals surface area contributed by atoms with Gasteiger partial charge in [0, 0.05) is 18.9 Å². The molecular formula is C15H15FN4. The Morgan fingerprint density at radius 1 is 1.25 bits per heavy atom. The number of nitrogen functional groups attached to an aromatic ring is 1. The standard InChI is InChI=1S/C15H15FN4/c1-9-12(5-11(16)6-13(9)18-2)10-3-4-15-19-14(17)8-20(15)7-10/h3-8,18H,17H2,1-2H3. The molecule has 0 radical (unpaired) electrons. The molecule has 0 fully saturated rings. The molecule has 0 aliphatic rings. The van der Waals surface area contributed by atoms with Crippen molar-refractivity contribution in [3.63, 3.8) is 0 Å². The molecule has 0 aliphatic carbocycles. The molecule has 3 rings (SSSR count). The minimum atomic E-state index is -0.264. The number of nitrogens with one attached hydrogen (secondary N) is 1. The largest absolute Gasteiger partial charge is 0.388 e. The Bertz CT molecular complexity index is 792. The van der Waals surface area contributed by atoms with Crippen LogP contribution in [0.4, 0.5) is 15.9 Å². The van der Waals surface area contributed by atoms with E-state index >= 15 is 0 Å². The molecule has 2 heterocycles. The fourth-order valence-electron chi connectivity index (χ4n) is 2.41. The minimum absolute atomic E-state index is 0.264. The Balaban J connectivity index is 2.21. The number of hydrogen-bond acceptors (Lipinski definition) is 3. The van der Waals surface area contributed by atoms with Gasteiger partial charge < -0.3 is 15.5 Å². The van der Waals surface area contributed by atoms with Crippen molar-refractivity contribution in [3.8, 4) is 11.1 Å². The Morgan fingerprint density at radius 3 is 2.80 bits per heavy atom. The second-order valence-corrected chi connectivity index (χ2v) is 4.72. The van der Waals surface area contributed by atoms with E-state index in [9.17, 15) is 4.39 Å². The topological polar surface area (TPSA) is 55.3 Å². The van der Waals surface area contributed by atoms with Gasteiger partial charge in [-0.2, -0.15) is 0 Å². The maximum absolute atomic E-state index is 13.7. The molecule has 3 aromatic rings. The molecule has 0 bridgehead atoms. The van der Waals surface area contributed by atoms with Gasteiger partial charge in [-0.1, -0.05) is 0 Å². The van der Waals surface area contributed by atoms with Gasteiger partial charge in [-0.25, -0.2) is 9.37 Å². The van der Waals surface area contributed by atoms with Crippen molar-refractivity contribution >= 4 is 17.2 Å². The van der Waals surface area contributed by atoms with E-state index in [4.69, 9.17) is 5.73 Å². The van der Waals surface area contributed by atoms with Gasteiger partial charge in [0.15, 0.2) is 0 Å². The SMILES string of the molecule is CNc1cc(F)cc(-c2ccc3nc(N)cn3c2)c1C. The zero-order chi connectivity index (χ0) is 14.3. The Morgan fingerprint density at radius 2 is 2.05 bits per heavy atom. The van der Waals surface area contributed by atoms with Gasteiger partial charge in [-0.3, -0.25) is 0 Å². The van der Waals surface area contributed by atoms with E-state index in [2.05, 4.69) is 10.3 Å². The van der Waals surface area contributed by atoms with Crippen LogP contribution in [0.25, 0.3) is 16.8 Å². The Hall–Kier alpha value is -2.56. The molecule has 0 atom stereocenters.